The first-order valence-electron chi connectivity index (χ1n) is 8.73. The van der Waals surface area contributed by atoms with Crippen molar-refractivity contribution < 1.29 is 4.79 Å². The topological polar surface area (TPSA) is 66.7 Å². The second-order valence-corrected chi connectivity index (χ2v) is 7.42. The summed E-state index contributed by atoms with van der Waals surface area (Å²) in [6.45, 7) is 2.79. The van der Waals surface area contributed by atoms with Crippen LogP contribution in [0.2, 0.25) is 0 Å². The second-order valence-electron chi connectivity index (χ2n) is 6.54. The lowest BCUT2D eigenvalue weighted by Crippen LogP contribution is -2.45. The summed E-state index contributed by atoms with van der Waals surface area (Å²) in [6, 6.07) is 10.5. The fourth-order valence-corrected chi connectivity index (χ4v) is 4.00. The molecule has 1 fully saturated rings. The minimum Gasteiger partial charge on any atom is -0.349 e. The van der Waals surface area contributed by atoms with Gasteiger partial charge in [-0.15, -0.1) is 11.3 Å². The van der Waals surface area contributed by atoms with E-state index < -0.39 is 0 Å². The first-order chi connectivity index (χ1) is 12.7. The van der Waals surface area contributed by atoms with E-state index in [-0.39, 0.29) is 23.1 Å². The Morgan fingerprint density at radius 3 is 2.77 bits per heavy atom. The summed E-state index contributed by atoms with van der Waals surface area (Å²) < 4.78 is 1.42. The van der Waals surface area contributed by atoms with Crippen LogP contribution in [0.4, 0.5) is 0 Å². The van der Waals surface area contributed by atoms with Gasteiger partial charge >= 0.3 is 0 Å². The van der Waals surface area contributed by atoms with Crippen molar-refractivity contribution in [3.8, 4) is 0 Å². The van der Waals surface area contributed by atoms with Crippen LogP contribution in [0.3, 0.4) is 0 Å². The van der Waals surface area contributed by atoms with Crippen molar-refractivity contribution in [2.75, 3.05) is 13.1 Å². The number of carbonyl (C=O) groups excluding carboxylic acids is 1. The van der Waals surface area contributed by atoms with Gasteiger partial charge in [-0.3, -0.25) is 18.9 Å². The van der Waals surface area contributed by atoms with Crippen molar-refractivity contribution in [2.45, 2.75) is 25.4 Å². The molecule has 1 aliphatic rings. The predicted octanol–water partition coefficient (Wildman–Crippen LogP) is 2.15. The predicted molar refractivity (Wildman–Crippen MR) is 102 cm³/mol. The quantitative estimate of drug-likeness (QED) is 0.766. The average molecular weight is 368 g/mol. The Kier molecular flexibility index (Phi) is 4.81. The van der Waals surface area contributed by atoms with Crippen LogP contribution in [0, 0.1) is 0 Å². The van der Waals surface area contributed by atoms with Gasteiger partial charge in [-0.25, -0.2) is 4.98 Å². The van der Waals surface area contributed by atoms with E-state index in [1.807, 2.05) is 6.07 Å². The van der Waals surface area contributed by atoms with E-state index in [2.05, 4.69) is 39.5 Å². The number of amides is 1. The van der Waals surface area contributed by atoms with Crippen LogP contribution in [-0.4, -0.2) is 39.3 Å². The molecular weight excluding hydrogens is 348 g/mol. The molecule has 7 heteroatoms. The number of hydrogen-bond acceptors (Lipinski definition) is 5. The zero-order valence-corrected chi connectivity index (χ0v) is 15.1. The van der Waals surface area contributed by atoms with E-state index in [1.54, 1.807) is 11.6 Å². The number of benzene rings is 1. The zero-order valence-electron chi connectivity index (χ0n) is 14.3. The summed E-state index contributed by atoms with van der Waals surface area (Å²) in [7, 11) is 0. The Bertz CT molecular complexity index is 958. The molecule has 26 heavy (non-hydrogen) atoms. The van der Waals surface area contributed by atoms with Gasteiger partial charge in [0.05, 0.1) is 0 Å². The number of carbonyl (C=O) groups is 1. The molecule has 134 valence electrons. The van der Waals surface area contributed by atoms with E-state index in [0.717, 1.165) is 32.5 Å². The van der Waals surface area contributed by atoms with E-state index in [9.17, 15) is 9.59 Å². The van der Waals surface area contributed by atoms with Crippen molar-refractivity contribution in [3.05, 3.63) is 69.6 Å². The van der Waals surface area contributed by atoms with Crippen molar-refractivity contribution in [1.82, 2.24) is 19.6 Å². The molecule has 6 nitrogen and oxygen atoms in total. The summed E-state index contributed by atoms with van der Waals surface area (Å²) >= 11 is 1.37. The number of thiazole rings is 1. The van der Waals surface area contributed by atoms with E-state index in [0.29, 0.717) is 4.96 Å². The Balaban J connectivity index is 1.35. The molecule has 0 atom stereocenters. The largest absolute Gasteiger partial charge is 0.349 e. The van der Waals surface area contributed by atoms with Crippen molar-refractivity contribution >= 4 is 22.2 Å². The summed E-state index contributed by atoms with van der Waals surface area (Å²) in [5.41, 5.74) is 1.10. The molecule has 1 N–H and O–H groups in total. The Morgan fingerprint density at radius 2 is 2.00 bits per heavy atom. The maximum absolute atomic E-state index is 12.5. The smallest absolute Gasteiger partial charge is 0.271 e. The fraction of sp³-hybridized carbons (Fsp3) is 0.316. The molecule has 0 radical (unpaired) electrons. The van der Waals surface area contributed by atoms with Crippen LogP contribution in [0.15, 0.2) is 52.9 Å². The van der Waals surface area contributed by atoms with Gasteiger partial charge in [-0.05, 0) is 18.4 Å². The molecule has 0 saturated carbocycles. The number of rotatable bonds is 4. The number of fused-ring (bicyclic) bond motifs is 1. The van der Waals surface area contributed by atoms with Crippen molar-refractivity contribution in [2.24, 2.45) is 0 Å². The molecule has 0 unspecified atom stereocenters. The lowest BCUT2D eigenvalue weighted by molar-refractivity contribution is 0.0907. The SMILES string of the molecule is O=C(NC1CCN(Cc2ccccc2)CC1)c1cnc2sccn2c1=O. The molecule has 3 heterocycles. The zero-order chi connectivity index (χ0) is 17.9. The van der Waals surface area contributed by atoms with Crippen LogP contribution in [-0.2, 0) is 6.54 Å². The lowest BCUT2D eigenvalue weighted by Gasteiger charge is -2.32. The van der Waals surface area contributed by atoms with Gasteiger partial charge < -0.3 is 5.32 Å². The maximum Gasteiger partial charge on any atom is 0.271 e. The number of piperidine rings is 1. The molecule has 1 saturated heterocycles. The summed E-state index contributed by atoms with van der Waals surface area (Å²) in [6.07, 6.45) is 4.80. The van der Waals surface area contributed by atoms with Gasteiger partial charge in [0.2, 0.25) is 0 Å². The monoisotopic (exact) mass is 368 g/mol. The Morgan fingerprint density at radius 1 is 1.23 bits per heavy atom. The third-order valence-corrected chi connectivity index (χ3v) is 5.53. The molecule has 1 aliphatic heterocycles. The van der Waals surface area contributed by atoms with Gasteiger partial charge in [0, 0.05) is 43.4 Å². The number of likely N-dealkylation sites (tertiary alicyclic amines) is 1. The van der Waals surface area contributed by atoms with Gasteiger partial charge in [0.15, 0.2) is 4.96 Å². The highest BCUT2D eigenvalue weighted by Gasteiger charge is 2.22. The van der Waals surface area contributed by atoms with Crippen LogP contribution in [0.5, 0.6) is 0 Å². The lowest BCUT2D eigenvalue weighted by atomic mass is 10.0. The molecule has 3 aromatic rings. The molecule has 0 bridgehead atoms. The average Bonchev–Trinajstić information content (AvgIpc) is 3.14. The third-order valence-electron chi connectivity index (χ3n) is 4.76. The van der Waals surface area contributed by atoms with Crippen molar-refractivity contribution in [1.29, 1.82) is 0 Å². The maximum atomic E-state index is 12.5. The Labute approximate surface area is 155 Å². The number of nitrogens with zero attached hydrogens (tertiary/aromatic N) is 3. The van der Waals surface area contributed by atoms with Crippen LogP contribution >= 0.6 is 11.3 Å². The molecule has 4 rings (SSSR count). The molecule has 1 amide bonds. The first-order valence-corrected chi connectivity index (χ1v) is 9.61. The van der Waals surface area contributed by atoms with Crippen LogP contribution in [0.25, 0.3) is 4.96 Å². The fourth-order valence-electron chi connectivity index (χ4n) is 3.32. The van der Waals surface area contributed by atoms with Crippen LogP contribution in [0.1, 0.15) is 28.8 Å². The van der Waals surface area contributed by atoms with Gasteiger partial charge in [0.1, 0.15) is 5.56 Å². The van der Waals surface area contributed by atoms with E-state index >= 15 is 0 Å². The second kappa shape index (κ2) is 7.39. The molecule has 0 aliphatic carbocycles. The molecule has 2 aromatic heterocycles. The third kappa shape index (κ3) is 3.54. The summed E-state index contributed by atoms with van der Waals surface area (Å²) in [5.74, 6) is -0.329. The Hall–Kier alpha value is -2.51. The highest BCUT2D eigenvalue weighted by atomic mass is 32.1. The minimum absolute atomic E-state index is 0.0945. The number of nitrogens with one attached hydrogen (secondary N) is 1. The molecular formula is C19H20N4O2S. The standard InChI is InChI=1S/C19H20N4O2S/c24-17(16-12-20-19-23(18(16)25)10-11-26-19)21-15-6-8-22(9-7-15)13-14-4-2-1-3-5-14/h1-5,10-12,15H,6-9,13H2,(H,21,24). The number of hydrogen-bond donors (Lipinski definition) is 1. The van der Waals surface area contributed by atoms with Gasteiger partial charge in [-0.1, -0.05) is 30.3 Å². The minimum atomic E-state index is -0.329. The highest BCUT2D eigenvalue weighted by molar-refractivity contribution is 7.15. The summed E-state index contributed by atoms with van der Waals surface area (Å²) in [5, 5.41) is 4.79. The molecule has 0 spiro atoms. The molecule has 1 aromatic carbocycles. The summed E-state index contributed by atoms with van der Waals surface area (Å²) in [4.78, 5) is 32.1. The van der Waals surface area contributed by atoms with E-state index in [4.69, 9.17) is 0 Å². The normalized spacial score (nSPS) is 16.0. The van der Waals surface area contributed by atoms with Gasteiger partial charge in [0.25, 0.3) is 11.5 Å². The first kappa shape index (κ1) is 16.9. The van der Waals surface area contributed by atoms with Crippen LogP contribution < -0.4 is 10.9 Å². The highest BCUT2D eigenvalue weighted by Crippen LogP contribution is 2.14. The number of aromatic nitrogens is 2. The van der Waals surface area contributed by atoms with Gasteiger partial charge in [-0.2, -0.15) is 0 Å². The van der Waals surface area contributed by atoms with E-state index in [1.165, 1.54) is 27.5 Å². The van der Waals surface area contributed by atoms with Crippen molar-refractivity contribution in [3.63, 3.8) is 0 Å².